The van der Waals surface area contributed by atoms with Crippen molar-refractivity contribution in [1.29, 1.82) is 0 Å². The van der Waals surface area contributed by atoms with Crippen LogP contribution in [0.3, 0.4) is 0 Å². The number of aliphatic carboxylic acids is 1. The number of rotatable bonds is 3. The SMILES string of the molecule is CN(CC(=O)O)C(=S)c1cccc2c(C(F)(F)F)cccc12. The summed E-state index contributed by atoms with van der Waals surface area (Å²) in [5.41, 5.74) is -0.335. The lowest BCUT2D eigenvalue weighted by atomic mass is 9.99. The van der Waals surface area contributed by atoms with Gasteiger partial charge in [0.2, 0.25) is 0 Å². The van der Waals surface area contributed by atoms with Gasteiger partial charge in [0.15, 0.2) is 0 Å². The maximum absolute atomic E-state index is 13.1. The molecule has 0 spiro atoms. The molecule has 0 heterocycles. The number of carboxylic acids is 1. The maximum Gasteiger partial charge on any atom is 0.417 e. The molecule has 2 aromatic carbocycles. The standard InChI is InChI=1S/C15H12F3NO2S/c1-19(8-13(20)21)14(22)11-6-2-5-10-9(11)4-3-7-12(10)15(16,17)18/h2-7H,8H2,1H3,(H,20,21). The van der Waals surface area contributed by atoms with Crippen molar-refractivity contribution in [1.82, 2.24) is 4.90 Å². The Kier molecular flexibility index (Phi) is 4.37. The number of benzene rings is 2. The molecule has 0 aliphatic carbocycles. The fourth-order valence-electron chi connectivity index (χ4n) is 2.22. The molecular weight excluding hydrogens is 315 g/mol. The summed E-state index contributed by atoms with van der Waals surface area (Å²) in [5.74, 6) is -1.07. The Morgan fingerprint density at radius 2 is 1.77 bits per heavy atom. The summed E-state index contributed by atoms with van der Waals surface area (Å²) < 4.78 is 39.2. The van der Waals surface area contributed by atoms with E-state index >= 15 is 0 Å². The van der Waals surface area contributed by atoms with Crippen molar-refractivity contribution >= 4 is 33.9 Å². The van der Waals surface area contributed by atoms with Gasteiger partial charge in [-0.2, -0.15) is 13.2 Å². The lowest BCUT2D eigenvalue weighted by molar-refractivity contribution is -0.137. The molecule has 1 N–H and O–H groups in total. The van der Waals surface area contributed by atoms with Crippen molar-refractivity contribution in [3.63, 3.8) is 0 Å². The lowest BCUT2D eigenvalue weighted by Gasteiger charge is -2.20. The average molecular weight is 327 g/mol. The van der Waals surface area contributed by atoms with Gasteiger partial charge in [0.1, 0.15) is 11.5 Å². The van der Waals surface area contributed by atoms with E-state index in [9.17, 15) is 18.0 Å². The number of hydrogen-bond donors (Lipinski definition) is 1. The van der Waals surface area contributed by atoms with Crippen LogP contribution >= 0.6 is 12.2 Å². The number of carbonyl (C=O) groups is 1. The van der Waals surface area contributed by atoms with Crippen LogP contribution in [-0.2, 0) is 11.0 Å². The van der Waals surface area contributed by atoms with E-state index in [1.54, 1.807) is 12.1 Å². The Morgan fingerprint density at radius 3 is 2.36 bits per heavy atom. The summed E-state index contributed by atoms with van der Waals surface area (Å²) in [4.78, 5) is 12.2. The van der Waals surface area contributed by atoms with Crippen molar-refractivity contribution in [3.05, 3.63) is 47.5 Å². The largest absolute Gasteiger partial charge is 0.480 e. The number of halogens is 3. The first kappa shape index (κ1) is 16.2. The number of carboxylic acid groups (broad SMARTS) is 1. The van der Waals surface area contributed by atoms with Gasteiger partial charge in [0.05, 0.1) is 5.56 Å². The van der Waals surface area contributed by atoms with Crippen molar-refractivity contribution in [2.45, 2.75) is 6.18 Å². The fraction of sp³-hybridized carbons (Fsp3) is 0.200. The normalized spacial score (nSPS) is 11.5. The second-order valence-corrected chi connectivity index (χ2v) is 5.15. The van der Waals surface area contributed by atoms with E-state index in [0.717, 1.165) is 6.07 Å². The Bertz CT molecular complexity index is 743. The highest BCUT2D eigenvalue weighted by Gasteiger charge is 2.32. The first-order valence-corrected chi connectivity index (χ1v) is 6.69. The van der Waals surface area contributed by atoms with Crippen molar-refractivity contribution in [2.24, 2.45) is 0 Å². The summed E-state index contributed by atoms with van der Waals surface area (Å²) >= 11 is 5.21. The number of hydrogen-bond acceptors (Lipinski definition) is 2. The number of alkyl halides is 3. The molecule has 0 aromatic heterocycles. The van der Waals surface area contributed by atoms with Gasteiger partial charge in [0.25, 0.3) is 0 Å². The third-order valence-electron chi connectivity index (χ3n) is 3.18. The van der Waals surface area contributed by atoms with E-state index < -0.39 is 17.7 Å². The van der Waals surface area contributed by atoms with Gasteiger partial charge < -0.3 is 10.0 Å². The lowest BCUT2D eigenvalue weighted by Crippen LogP contribution is -2.31. The molecule has 0 atom stereocenters. The van der Waals surface area contributed by atoms with Gasteiger partial charge >= 0.3 is 12.1 Å². The number of thiocarbonyl (C=S) groups is 1. The second-order valence-electron chi connectivity index (χ2n) is 4.76. The molecular formula is C15H12F3NO2S. The minimum Gasteiger partial charge on any atom is -0.480 e. The smallest absolute Gasteiger partial charge is 0.417 e. The zero-order valence-electron chi connectivity index (χ0n) is 11.5. The van der Waals surface area contributed by atoms with Crippen molar-refractivity contribution < 1.29 is 23.1 Å². The summed E-state index contributed by atoms with van der Waals surface area (Å²) in [6.07, 6.45) is -4.47. The molecule has 0 fully saturated rings. The van der Waals surface area contributed by atoms with Crippen molar-refractivity contribution in [2.75, 3.05) is 13.6 Å². The predicted octanol–water partition coefficient (Wildman–Crippen LogP) is 3.55. The van der Waals surface area contributed by atoms with Gasteiger partial charge in [-0.25, -0.2) is 0 Å². The minimum absolute atomic E-state index is 0.0403. The van der Waals surface area contributed by atoms with E-state index in [0.29, 0.717) is 10.9 Å². The average Bonchev–Trinajstić information content (AvgIpc) is 2.43. The highest BCUT2D eigenvalue weighted by atomic mass is 32.1. The van der Waals surface area contributed by atoms with Crippen LogP contribution in [0, 0.1) is 0 Å². The molecule has 22 heavy (non-hydrogen) atoms. The van der Waals surface area contributed by atoms with Crippen LogP contribution in [0.2, 0.25) is 0 Å². The Labute approximate surface area is 130 Å². The van der Waals surface area contributed by atoms with Crippen LogP contribution in [-0.4, -0.2) is 34.6 Å². The topological polar surface area (TPSA) is 40.5 Å². The van der Waals surface area contributed by atoms with Crippen molar-refractivity contribution in [3.8, 4) is 0 Å². The van der Waals surface area contributed by atoms with Gasteiger partial charge in [-0.1, -0.05) is 42.5 Å². The van der Waals surface area contributed by atoms with Crippen LogP contribution in [0.1, 0.15) is 11.1 Å². The number of likely N-dealkylation sites (N-methyl/N-ethyl adjacent to an activating group) is 1. The van der Waals surface area contributed by atoms with E-state index in [1.165, 1.54) is 30.1 Å². The molecule has 0 bridgehead atoms. The molecule has 116 valence electrons. The van der Waals surface area contributed by atoms with Crippen LogP contribution < -0.4 is 0 Å². The highest BCUT2D eigenvalue weighted by Crippen LogP contribution is 2.35. The molecule has 0 amide bonds. The van der Waals surface area contributed by atoms with Gasteiger partial charge in [-0.05, 0) is 16.8 Å². The summed E-state index contributed by atoms with van der Waals surface area (Å²) in [6.45, 7) is -0.325. The molecule has 0 unspecified atom stereocenters. The first-order valence-electron chi connectivity index (χ1n) is 6.28. The minimum atomic E-state index is -4.47. The molecule has 2 aromatic rings. The van der Waals surface area contributed by atoms with E-state index in [1.807, 2.05) is 0 Å². The maximum atomic E-state index is 13.1. The Morgan fingerprint density at radius 1 is 1.18 bits per heavy atom. The second kappa shape index (κ2) is 5.92. The molecule has 0 saturated heterocycles. The Balaban J connectivity index is 2.57. The van der Waals surface area contributed by atoms with E-state index in [4.69, 9.17) is 17.3 Å². The molecule has 7 heteroatoms. The fourth-order valence-corrected chi connectivity index (χ4v) is 2.47. The molecule has 0 aliphatic heterocycles. The van der Waals surface area contributed by atoms with E-state index in [-0.39, 0.29) is 16.9 Å². The van der Waals surface area contributed by atoms with Gasteiger partial charge in [-0.15, -0.1) is 0 Å². The molecule has 2 rings (SSSR count). The van der Waals surface area contributed by atoms with Crippen LogP contribution in [0.4, 0.5) is 13.2 Å². The third-order valence-corrected chi connectivity index (χ3v) is 3.71. The molecule has 3 nitrogen and oxygen atoms in total. The van der Waals surface area contributed by atoms with E-state index in [2.05, 4.69) is 0 Å². The summed E-state index contributed by atoms with van der Waals surface area (Å²) in [6, 6.07) is 8.31. The zero-order chi connectivity index (χ0) is 16.5. The van der Waals surface area contributed by atoms with Crippen LogP contribution in [0.25, 0.3) is 10.8 Å². The monoisotopic (exact) mass is 327 g/mol. The first-order chi connectivity index (χ1) is 10.2. The summed E-state index contributed by atoms with van der Waals surface area (Å²) in [7, 11) is 1.49. The molecule has 0 aliphatic rings. The number of fused-ring (bicyclic) bond motifs is 1. The third kappa shape index (κ3) is 3.19. The quantitative estimate of drug-likeness (QED) is 0.875. The van der Waals surface area contributed by atoms with Crippen LogP contribution in [0.5, 0.6) is 0 Å². The predicted molar refractivity (Wildman–Crippen MR) is 80.9 cm³/mol. The molecule has 0 saturated carbocycles. The highest BCUT2D eigenvalue weighted by molar-refractivity contribution is 7.80. The zero-order valence-corrected chi connectivity index (χ0v) is 12.3. The summed E-state index contributed by atoms with van der Waals surface area (Å²) in [5, 5.41) is 9.18. The number of nitrogens with zero attached hydrogens (tertiary/aromatic N) is 1. The Hall–Kier alpha value is -2.15. The van der Waals surface area contributed by atoms with Gasteiger partial charge in [-0.3, -0.25) is 4.79 Å². The van der Waals surface area contributed by atoms with Crippen LogP contribution in [0.15, 0.2) is 36.4 Å². The molecule has 0 radical (unpaired) electrons. The van der Waals surface area contributed by atoms with Gasteiger partial charge in [0, 0.05) is 12.6 Å².